The van der Waals surface area contributed by atoms with Crippen molar-refractivity contribution in [2.45, 2.75) is 70.8 Å². The third-order valence-corrected chi connectivity index (χ3v) is 6.12. The zero-order valence-electron chi connectivity index (χ0n) is 14.3. The van der Waals surface area contributed by atoms with Crippen molar-refractivity contribution in [3.05, 3.63) is 0 Å². The van der Waals surface area contributed by atoms with Crippen molar-refractivity contribution in [1.82, 2.24) is 4.90 Å². The first-order chi connectivity index (χ1) is 9.92. The molecule has 4 heteroatoms. The van der Waals surface area contributed by atoms with Crippen LogP contribution in [0.4, 0.5) is 0 Å². The fourth-order valence-electron chi connectivity index (χ4n) is 4.02. The van der Waals surface area contributed by atoms with Crippen LogP contribution in [0, 0.1) is 11.3 Å². The molecule has 0 bridgehead atoms. The van der Waals surface area contributed by atoms with E-state index in [0.717, 1.165) is 32.4 Å². The molecule has 1 heterocycles. The lowest BCUT2D eigenvalue weighted by Crippen LogP contribution is -2.49. The summed E-state index contributed by atoms with van der Waals surface area (Å²) in [6.07, 6.45) is 4.40. The van der Waals surface area contributed by atoms with Crippen LogP contribution in [0.1, 0.15) is 46.5 Å². The molecule has 1 saturated heterocycles. The van der Waals surface area contributed by atoms with Crippen LogP contribution >= 0.6 is 0 Å². The molecule has 5 unspecified atom stereocenters. The highest BCUT2D eigenvalue weighted by molar-refractivity contribution is 4.96. The van der Waals surface area contributed by atoms with E-state index in [1.165, 1.54) is 6.42 Å². The van der Waals surface area contributed by atoms with Gasteiger partial charge in [-0.25, -0.2) is 0 Å². The van der Waals surface area contributed by atoms with E-state index in [9.17, 15) is 5.11 Å². The topological polar surface area (TPSA) is 41.9 Å². The molecule has 0 amide bonds. The average molecular weight is 299 g/mol. The molecule has 1 aliphatic heterocycles. The molecule has 21 heavy (non-hydrogen) atoms. The maximum Gasteiger partial charge on any atom is 0.0971 e. The molecule has 2 rings (SSSR count). The number of likely N-dealkylation sites (tertiary alicyclic amines) is 1. The Hall–Kier alpha value is -0.160. The smallest absolute Gasteiger partial charge is 0.0971 e. The van der Waals surface area contributed by atoms with Gasteiger partial charge in [-0.15, -0.1) is 0 Å². The van der Waals surface area contributed by atoms with Crippen molar-refractivity contribution in [3.8, 4) is 0 Å². The van der Waals surface area contributed by atoms with Crippen LogP contribution in [-0.2, 0) is 9.47 Å². The van der Waals surface area contributed by atoms with E-state index < -0.39 is 0 Å². The second-order valence-corrected chi connectivity index (χ2v) is 7.49. The van der Waals surface area contributed by atoms with Crippen molar-refractivity contribution < 1.29 is 14.6 Å². The molecular weight excluding hydrogens is 266 g/mol. The van der Waals surface area contributed by atoms with E-state index in [0.29, 0.717) is 11.3 Å². The number of hydrogen-bond acceptors (Lipinski definition) is 4. The van der Waals surface area contributed by atoms with Crippen LogP contribution in [-0.4, -0.2) is 61.7 Å². The Bertz CT molecular complexity index is 322. The van der Waals surface area contributed by atoms with E-state index in [4.69, 9.17) is 9.47 Å². The largest absolute Gasteiger partial charge is 0.391 e. The second-order valence-electron chi connectivity index (χ2n) is 7.49. The Morgan fingerprint density at radius 2 is 1.67 bits per heavy atom. The van der Waals surface area contributed by atoms with Gasteiger partial charge in [0, 0.05) is 33.4 Å². The molecule has 0 spiro atoms. The molecule has 1 N–H and O–H groups in total. The van der Waals surface area contributed by atoms with E-state index in [-0.39, 0.29) is 24.4 Å². The molecule has 0 aromatic carbocycles. The van der Waals surface area contributed by atoms with Gasteiger partial charge in [-0.3, -0.25) is 4.90 Å². The summed E-state index contributed by atoms with van der Waals surface area (Å²) in [5, 5.41) is 10.5. The summed E-state index contributed by atoms with van der Waals surface area (Å²) in [6.45, 7) is 8.75. The van der Waals surface area contributed by atoms with E-state index in [2.05, 4.69) is 25.7 Å². The third kappa shape index (κ3) is 3.61. The minimum atomic E-state index is -0.206. The molecule has 5 atom stereocenters. The quantitative estimate of drug-likeness (QED) is 0.846. The Kier molecular flexibility index (Phi) is 5.69. The lowest BCUT2D eigenvalue weighted by molar-refractivity contribution is -0.0182. The molecule has 0 aromatic rings. The highest BCUT2D eigenvalue weighted by atomic mass is 16.5. The number of methoxy groups -OCH3 is 2. The fourth-order valence-corrected chi connectivity index (χ4v) is 4.02. The number of rotatable bonds is 5. The standard InChI is InChI=1S/C17H33NO3/c1-6-17(2,3)12-7-8-14(19)13(9-12)18-10-15(20-4)16(11-18)21-5/h12-16,19H,6-11H2,1-5H3. The van der Waals surface area contributed by atoms with Crippen LogP contribution in [0.5, 0.6) is 0 Å². The van der Waals surface area contributed by atoms with E-state index in [1.807, 2.05) is 0 Å². The molecule has 1 saturated carbocycles. The van der Waals surface area contributed by atoms with Gasteiger partial charge in [0.15, 0.2) is 0 Å². The minimum Gasteiger partial charge on any atom is -0.391 e. The maximum absolute atomic E-state index is 10.5. The highest BCUT2D eigenvalue weighted by Crippen LogP contribution is 2.42. The van der Waals surface area contributed by atoms with Crippen molar-refractivity contribution in [1.29, 1.82) is 0 Å². The van der Waals surface area contributed by atoms with Gasteiger partial charge in [-0.05, 0) is 30.6 Å². The molecule has 2 fully saturated rings. The van der Waals surface area contributed by atoms with Gasteiger partial charge in [0.2, 0.25) is 0 Å². The highest BCUT2D eigenvalue weighted by Gasteiger charge is 2.43. The summed E-state index contributed by atoms with van der Waals surface area (Å²) in [5.41, 5.74) is 0.361. The summed E-state index contributed by atoms with van der Waals surface area (Å²) in [6, 6.07) is 0.257. The second kappa shape index (κ2) is 6.95. The van der Waals surface area contributed by atoms with E-state index >= 15 is 0 Å². The lowest BCUT2D eigenvalue weighted by Gasteiger charge is -2.44. The van der Waals surface area contributed by atoms with Crippen molar-refractivity contribution in [2.24, 2.45) is 11.3 Å². The number of ether oxygens (including phenoxy) is 2. The van der Waals surface area contributed by atoms with Crippen LogP contribution < -0.4 is 0 Å². The minimum absolute atomic E-state index is 0.127. The Morgan fingerprint density at radius 3 is 2.14 bits per heavy atom. The molecule has 0 radical (unpaired) electrons. The predicted octanol–water partition coefficient (Wildman–Crippen LogP) is 2.30. The summed E-state index contributed by atoms with van der Waals surface area (Å²) in [7, 11) is 3.50. The average Bonchev–Trinajstić information content (AvgIpc) is 2.90. The van der Waals surface area contributed by atoms with Crippen LogP contribution in [0.3, 0.4) is 0 Å². The first-order valence-corrected chi connectivity index (χ1v) is 8.40. The molecule has 4 nitrogen and oxygen atoms in total. The fraction of sp³-hybridized carbons (Fsp3) is 1.00. The van der Waals surface area contributed by atoms with Gasteiger partial charge in [0.25, 0.3) is 0 Å². The van der Waals surface area contributed by atoms with Crippen LogP contribution in [0.2, 0.25) is 0 Å². The zero-order valence-corrected chi connectivity index (χ0v) is 14.3. The van der Waals surface area contributed by atoms with Gasteiger partial charge in [-0.1, -0.05) is 27.2 Å². The zero-order chi connectivity index (χ0) is 15.6. The third-order valence-electron chi connectivity index (χ3n) is 6.12. The van der Waals surface area contributed by atoms with Crippen LogP contribution in [0.15, 0.2) is 0 Å². The first-order valence-electron chi connectivity index (χ1n) is 8.40. The molecule has 2 aliphatic rings. The van der Waals surface area contributed by atoms with Crippen LogP contribution in [0.25, 0.3) is 0 Å². The SMILES string of the molecule is CCC(C)(C)C1CCC(O)C(N2CC(OC)C(OC)C2)C1. The van der Waals surface area contributed by atoms with Crippen molar-refractivity contribution in [2.75, 3.05) is 27.3 Å². The van der Waals surface area contributed by atoms with Crippen molar-refractivity contribution >= 4 is 0 Å². The Balaban J connectivity index is 2.04. The molecule has 1 aliphatic carbocycles. The van der Waals surface area contributed by atoms with Crippen molar-refractivity contribution in [3.63, 3.8) is 0 Å². The summed E-state index contributed by atoms with van der Waals surface area (Å²) < 4.78 is 11.1. The van der Waals surface area contributed by atoms with Gasteiger partial charge >= 0.3 is 0 Å². The monoisotopic (exact) mass is 299 g/mol. The maximum atomic E-state index is 10.5. The number of nitrogens with zero attached hydrogens (tertiary/aromatic N) is 1. The van der Waals surface area contributed by atoms with Gasteiger partial charge in [0.05, 0.1) is 18.3 Å². The number of aliphatic hydroxyl groups excluding tert-OH is 1. The molecular formula is C17H33NO3. The van der Waals surface area contributed by atoms with Gasteiger partial charge < -0.3 is 14.6 Å². The predicted molar refractivity (Wildman–Crippen MR) is 84.4 cm³/mol. The molecule has 124 valence electrons. The van der Waals surface area contributed by atoms with E-state index in [1.54, 1.807) is 14.2 Å². The summed E-state index contributed by atoms with van der Waals surface area (Å²) >= 11 is 0. The molecule has 0 aromatic heterocycles. The Labute approximate surface area is 129 Å². The normalized spacial score (nSPS) is 38.9. The Morgan fingerprint density at radius 1 is 1.10 bits per heavy atom. The van der Waals surface area contributed by atoms with Gasteiger partial charge in [-0.2, -0.15) is 0 Å². The number of hydrogen-bond donors (Lipinski definition) is 1. The number of aliphatic hydroxyl groups is 1. The van der Waals surface area contributed by atoms with Gasteiger partial charge in [0.1, 0.15) is 0 Å². The first kappa shape index (κ1) is 17.2. The summed E-state index contributed by atoms with van der Waals surface area (Å²) in [5.74, 6) is 0.693. The lowest BCUT2D eigenvalue weighted by atomic mass is 9.67. The summed E-state index contributed by atoms with van der Waals surface area (Å²) in [4.78, 5) is 2.39.